The predicted molar refractivity (Wildman–Crippen MR) is 72.2 cm³/mol. The summed E-state index contributed by atoms with van der Waals surface area (Å²) in [5.74, 6) is -2.29. The summed E-state index contributed by atoms with van der Waals surface area (Å²) < 4.78 is 0. The fourth-order valence-electron chi connectivity index (χ4n) is 2.01. The van der Waals surface area contributed by atoms with Crippen LogP contribution in [0.25, 0.3) is 0 Å². The molecule has 7 nitrogen and oxygen atoms in total. The summed E-state index contributed by atoms with van der Waals surface area (Å²) in [4.78, 5) is 13.3. The number of hydrogen-bond donors (Lipinski definition) is 5. The molecule has 0 aliphatic carbocycles. The summed E-state index contributed by atoms with van der Waals surface area (Å²) in [6.07, 6.45) is 1.66. The zero-order valence-electron chi connectivity index (χ0n) is 11.2. The van der Waals surface area contributed by atoms with Crippen molar-refractivity contribution in [3.8, 4) is 17.2 Å². The normalized spacial score (nSPS) is 18.6. The van der Waals surface area contributed by atoms with Crippen molar-refractivity contribution in [2.24, 2.45) is 5.10 Å². The minimum Gasteiger partial charge on any atom is -0.504 e. The van der Waals surface area contributed by atoms with Crippen LogP contribution in [0.3, 0.4) is 0 Å². The SMILES string of the molecule is C[NH+]1CCC(=NNC(=O)c2cc(O)c(O)c(O)c2)CC1. The average Bonchev–Trinajstić information content (AvgIpc) is 2.43. The van der Waals surface area contributed by atoms with Crippen LogP contribution >= 0.6 is 0 Å². The minimum atomic E-state index is -0.647. The number of rotatable bonds is 2. The van der Waals surface area contributed by atoms with Crippen LogP contribution in [-0.4, -0.2) is 47.1 Å². The van der Waals surface area contributed by atoms with Crippen molar-refractivity contribution in [1.82, 2.24) is 5.43 Å². The van der Waals surface area contributed by atoms with Gasteiger partial charge < -0.3 is 20.2 Å². The third-order valence-corrected chi connectivity index (χ3v) is 3.33. The van der Waals surface area contributed by atoms with E-state index in [9.17, 15) is 20.1 Å². The van der Waals surface area contributed by atoms with E-state index in [-0.39, 0.29) is 5.56 Å². The van der Waals surface area contributed by atoms with Crippen LogP contribution in [0.15, 0.2) is 17.2 Å². The molecule has 108 valence electrons. The van der Waals surface area contributed by atoms with Crippen LogP contribution < -0.4 is 10.3 Å². The van der Waals surface area contributed by atoms with Crippen LogP contribution in [0.1, 0.15) is 23.2 Å². The van der Waals surface area contributed by atoms with Crippen molar-refractivity contribution in [2.75, 3.05) is 20.1 Å². The number of likely N-dealkylation sites (tertiary alicyclic amines) is 1. The van der Waals surface area contributed by atoms with Crippen LogP contribution in [0.4, 0.5) is 0 Å². The number of phenolic OH excluding ortho intramolecular Hbond substituents is 3. The monoisotopic (exact) mass is 280 g/mol. The molecule has 2 rings (SSSR count). The number of quaternary nitrogens is 1. The molecule has 1 aromatic carbocycles. The molecule has 0 bridgehead atoms. The molecule has 1 amide bonds. The Kier molecular flexibility index (Phi) is 4.09. The lowest BCUT2D eigenvalue weighted by Gasteiger charge is -2.20. The van der Waals surface area contributed by atoms with Crippen molar-refractivity contribution >= 4 is 11.6 Å². The van der Waals surface area contributed by atoms with Crippen molar-refractivity contribution in [2.45, 2.75) is 12.8 Å². The number of aromatic hydroxyl groups is 3. The minimum absolute atomic E-state index is 0.0284. The molecule has 0 radical (unpaired) electrons. The Labute approximate surface area is 116 Å². The maximum Gasteiger partial charge on any atom is 0.271 e. The van der Waals surface area contributed by atoms with Gasteiger partial charge in [0.1, 0.15) is 0 Å². The number of carbonyl (C=O) groups is 1. The van der Waals surface area contributed by atoms with Crippen LogP contribution in [0.5, 0.6) is 17.2 Å². The molecule has 1 heterocycles. The number of hydrogen-bond acceptors (Lipinski definition) is 5. The fourth-order valence-corrected chi connectivity index (χ4v) is 2.01. The summed E-state index contributed by atoms with van der Waals surface area (Å²) in [7, 11) is 2.11. The Morgan fingerprint density at radius 1 is 1.20 bits per heavy atom. The molecular weight excluding hydrogens is 262 g/mol. The number of piperidine rings is 1. The molecule has 20 heavy (non-hydrogen) atoms. The van der Waals surface area contributed by atoms with Gasteiger partial charge in [-0.3, -0.25) is 4.79 Å². The van der Waals surface area contributed by atoms with E-state index in [4.69, 9.17) is 0 Å². The molecule has 0 unspecified atom stereocenters. The van der Waals surface area contributed by atoms with E-state index in [1.165, 1.54) is 4.90 Å². The standard InChI is InChI=1S/C13H17N3O4/c1-16-4-2-9(3-5-16)14-15-13(20)8-6-10(17)12(19)11(18)7-8/h6-7,17-19H,2-5H2,1H3,(H,15,20)/p+1. The van der Waals surface area contributed by atoms with Crippen molar-refractivity contribution < 1.29 is 25.0 Å². The van der Waals surface area contributed by atoms with Gasteiger partial charge in [-0.05, 0) is 12.1 Å². The number of carbonyl (C=O) groups excluding carboxylic acids is 1. The largest absolute Gasteiger partial charge is 0.504 e. The molecule has 0 atom stereocenters. The lowest BCUT2D eigenvalue weighted by Crippen LogP contribution is -3.10. The number of hydrazone groups is 1. The molecule has 1 fully saturated rings. The summed E-state index contributed by atoms with van der Waals surface area (Å²) in [5, 5.41) is 32.0. The van der Waals surface area contributed by atoms with Gasteiger partial charge in [-0.25, -0.2) is 5.43 Å². The van der Waals surface area contributed by atoms with Crippen molar-refractivity contribution in [3.05, 3.63) is 17.7 Å². The first-order valence-corrected chi connectivity index (χ1v) is 6.39. The lowest BCUT2D eigenvalue weighted by atomic mass is 10.1. The van der Waals surface area contributed by atoms with Crippen molar-refractivity contribution in [3.63, 3.8) is 0 Å². The second-order valence-corrected chi connectivity index (χ2v) is 4.94. The first-order valence-electron chi connectivity index (χ1n) is 6.39. The number of amides is 1. The van der Waals surface area contributed by atoms with E-state index in [0.717, 1.165) is 43.8 Å². The highest BCUT2D eigenvalue weighted by atomic mass is 16.3. The number of nitrogens with zero attached hydrogens (tertiary/aromatic N) is 1. The molecule has 1 saturated heterocycles. The molecule has 1 aliphatic heterocycles. The fraction of sp³-hybridized carbons (Fsp3) is 0.385. The summed E-state index contributed by atoms with van der Waals surface area (Å²) in [6.45, 7) is 1.96. The molecule has 7 heteroatoms. The first-order chi connectivity index (χ1) is 9.47. The second kappa shape index (κ2) is 5.79. The molecule has 0 spiro atoms. The van der Waals surface area contributed by atoms with Gasteiger partial charge in [0.25, 0.3) is 5.91 Å². The molecule has 0 aromatic heterocycles. The maximum absolute atomic E-state index is 11.8. The van der Waals surface area contributed by atoms with Crippen LogP contribution in [-0.2, 0) is 0 Å². The third-order valence-electron chi connectivity index (χ3n) is 3.33. The summed E-state index contributed by atoms with van der Waals surface area (Å²) in [6, 6.07) is 2.15. The van der Waals surface area contributed by atoms with Gasteiger partial charge in [-0.1, -0.05) is 0 Å². The quantitative estimate of drug-likeness (QED) is 0.361. The Morgan fingerprint density at radius 2 is 1.75 bits per heavy atom. The highest BCUT2D eigenvalue weighted by molar-refractivity contribution is 5.96. The van der Waals surface area contributed by atoms with Crippen LogP contribution in [0, 0.1) is 0 Å². The lowest BCUT2D eigenvalue weighted by molar-refractivity contribution is -0.880. The predicted octanol–water partition coefficient (Wildman–Crippen LogP) is -0.802. The Morgan fingerprint density at radius 3 is 2.30 bits per heavy atom. The van der Waals surface area contributed by atoms with Gasteiger partial charge in [0.05, 0.1) is 20.1 Å². The molecule has 1 aromatic rings. The Bertz CT molecular complexity index is 524. The molecular formula is C13H18N3O4+. The highest BCUT2D eigenvalue weighted by Gasteiger charge is 2.16. The Hall–Kier alpha value is -2.28. The van der Waals surface area contributed by atoms with Gasteiger partial charge in [0, 0.05) is 24.1 Å². The molecule has 1 aliphatic rings. The third kappa shape index (κ3) is 3.18. The highest BCUT2D eigenvalue weighted by Crippen LogP contribution is 2.35. The van der Waals surface area contributed by atoms with Crippen LogP contribution in [0.2, 0.25) is 0 Å². The Balaban J connectivity index is 2.04. The van der Waals surface area contributed by atoms with Gasteiger partial charge in [0.2, 0.25) is 0 Å². The first kappa shape index (κ1) is 14.1. The zero-order chi connectivity index (χ0) is 14.7. The van der Waals surface area contributed by atoms with E-state index in [1.54, 1.807) is 0 Å². The summed E-state index contributed by atoms with van der Waals surface area (Å²) >= 11 is 0. The smallest absolute Gasteiger partial charge is 0.271 e. The summed E-state index contributed by atoms with van der Waals surface area (Å²) in [5.41, 5.74) is 3.35. The molecule has 5 N–H and O–H groups in total. The van der Waals surface area contributed by atoms with E-state index in [2.05, 4.69) is 17.6 Å². The van der Waals surface area contributed by atoms with Gasteiger partial charge in [-0.15, -0.1) is 0 Å². The maximum atomic E-state index is 11.8. The number of benzene rings is 1. The number of phenols is 3. The zero-order valence-corrected chi connectivity index (χ0v) is 11.2. The van der Waals surface area contributed by atoms with Gasteiger partial charge >= 0.3 is 0 Å². The van der Waals surface area contributed by atoms with Crippen molar-refractivity contribution in [1.29, 1.82) is 0 Å². The number of nitrogens with one attached hydrogen (secondary N) is 2. The van der Waals surface area contributed by atoms with E-state index < -0.39 is 23.2 Å². The van der Waals surface area contributed by atoms with Gasteiger partial charge in [0.15, 0.2) is 17.2 Å². The van der Waals surface area contributed by atoms with E-state index >= 15 is 0 Å². The average molecular weight is 280 g/mol. The second-order valence-electron chi connectivity index (χ2n) is 4.94. The van der Waals surface area contributed by atoms with E-state index in [0.29, 0.717) is 0 Å². The topological polar surface area (TPSA) is 107 Å². The molecule has 0 saturated carbocycles. The van der Waals surface area contributed by atoms with Gasteiger partial charge in [-0.2, -0.15) is 5.10 Å². The van der Waals surface area contributed by atoms with E-state index in [1.807, 2.05) is 0 Å².